The number of rotatable bonds is 7. The van der Waals surface area contributed by atoms with Gasteiger partial charge in [-0.05, 0) is 42.6 Å². The molecule has 31 heavy (non-hydrogen) atoms. The van der Waals surface area contributed by atoms with Crippen molar-refractivity contribution in [1.29, 1.82) is 0 Å². The minimum atomic E-state index is -4.59. The maximum absolute atomic E-state index is 13.2. The highest BCUT2D eigenvalue weighted by atomic mass is 79.9. The number of halogens is 4. The predicted octanol–water partition coefficient (Wildman–Crippen LogP) is 3.95. The number of carbonyl (C=O) groups is 1. The van der Waals surface area contributed by atoms with Crippen molar-refractivity contribution in [2.24, 2.45) is 0 Å². The Balaban J connectivity index is 1.45. The normalized spacial score (nSPS) is 14.3. The van der Waals surface area contributed by atoms with Crippen LogP contribution in [0.25, 0.3) is 0 Å². The summed E-state index contributed by atoms with van der Waals surface area (Å²) in [7, 11) is 0. The Kier molecular flexibility index (Phi) is 5.67. The molecule has 0 spiro atoms. The van der Waals surface area contributed by atoms with Crippen molar-refractivity contribution in [2.45, 2.75) is 58.4 Å². The third kappa shape index (κ3) is 4.53. The van der Waals surface area contributed by atoms with E-state index in [0.29, 0.717) is 17.9 Å². The molecular formula is C19H21BrF3N7O. The molecular weight excluding hydrogens is 479 g/mol. The van der Waals surface area contributed by atoms with Crippen LogP contribution in [-0.4, -0.2) is 35.2 Å². The maximum atomic E-state index is 13.2. The molecule has 0 unspecified atom stereocenters. The number of nitrogens with zero attached hydrogens (tertiary/aromatic N) is 6. The van der Waals surface area contributed by atoms with Gasteiger partial charge in [-0.2, -0.15) is 28.5 Å². The smallest absolute Gasteiger partial charge is 0.322 e. The molecule has 0 radical (unpaired) electrons. The first-order valence-corrected chi connectivity index (χ1v) is 10.6. The van der Waals surface area contributed by atoms with Crippen LogP contribution in [0.3, 0.4) is 0 Å². The average molecular weight is 500 g/mol. The fraction of sp³-hybridized carbons (Fsp3) is 0.474. The number of anilines is 1. The van der Waals surface area contributed by atoms with Gasteiger partial charge in [0.1, 0.15) is 6.54 Å². The molecule has 4 rings (SSSR count). The van der Waals surface area contributed by atoms with Crippen molar-refractivity contribution in [3.8, 4) is 0 Å². The Morgan fingerprint density at radius 1 is 1.26 bits per heavy atom. The van der Waals surface area contributed by atoms with Gasteiger partial charge in [0.05, 0.1) is 34.8 Å². The van der Waals surface area contributed by atoms with Crippen LogP contribution in [0.2, 0.25) is 0 Å². The molecule has 0 saturated heterocycles. The Labute approximate surface area is 184 Å². The Morgan fingerprint density at radius 2 is 2.00 bits per heavy atom. The van der Waals surface area contributed by atoms with Gasteiger partial charge < -0.3 is 5.32 Å². The fourth-order valence-corrected chi connectivity index (χ4v) is 4.32. The third-order valence-corrected chi connectivity index (χ3v) is 5.99. The number of hydrogen-bond donors (Lipinski definition) is 1. The lowest BCUT2D eigenvalue weighted by Crippen LogP contribution is -2.21. The van der Waals surface area contributed by atoms with E-state index in [1.807, 2.05) is 18.5 Å². The summed E-state index contributed by atoms with van der Waals surface area (Å²) in [5.74, 6) is -0.485. The maximum Gasteiger partial charge on any atom is 0.436 e. The molecule has 1 fully saturated rings. The van der Waals surface area contributed by atoms with Gasteiger partial charge in [-0.3, -0.25) is 18.8 Å². The summed E-state index contributed by atoms with van der Waals surface area (Å²) in [4.78, 5) is 12.5. The van der Waals surface area contributed by atoms with Gasteiger partial charge in [-0.25, -0.2) is 0 Å². The van der Waals surface area contributed by atoms with E-state index in [4.69, 9.17) is 0 Å². The molecule has 1 amide bonds. The van der Waals surface area contributed by atoms with E-state index < -0.39 is 17.8 Å². The molecule has 0 atom stereocenters. The van der Waals surface area contributed by atoms with E-state index >= 15 is 0 Å². The van der Waals surface area contributed by atoms with Crippen molar-refractivity contribution < 1.29 is 18.0 Å². The summed E-state index contributed by atoms with van der Waals surface area (Å²) in [6, 6.07) is 0. The van der Waals surface area contributed by atoms with Crippen LogP contribution in [0.15, 0.2) is 23.1 Å². The highest BCUT2D eigenvalue weighted by Crippen LogP contribution is 2.46. The molecule has 0 aliphatic heterocycles. The number of nitrogens with one attached hydrogen (secondary N) is 1. The standard InChI is InChI=1S/C19H21BrF3N7O/c1-3-29-11(2)13(6-25-29)8-28-9-14(7-24-28)26-15(31)10-30-17(12-4-5-12)16(20)18(27-30)19(21,22)23/h6-7,9,12H,3-5,8,10H2,1-2H3,(H,26,31). The summed E-state index contributed by atoms with van der Waals surface area (Å²) in [6.07, 6.45) is 1.93. The zero-order valence-electron chi connectivity index (χ0n) is 16.9. The highest BCUT2D eigenvalue weighted by molar-refractivity contribution is 9.10. The van der Waals surface area contributed by atoms with Crippen LogP contribution in [0.5, 0.6) is 0 Å². The molecule has 0 aromatic carbocycles. The highest BCUT2D eigenvalue weighted by Gasteiger charge is 2.41. The van der Waals surface area contributed by atoms with Gasteiger partial charge in [-0.15, -0.1) is 0 Å². The number of hydrogen-bond acceptors (Lipinski definition) is 4. The van der Waals surface area contributed by atoms with E-state index in [-0.39, 0.29) is 16.9 Å². The summed E-state index contributed by atoms with van der Waals surface area (Å²) in [5.41, 5.74) is 1.93. The predicted molar refractivity (Wildman–Crippen MR) is 110 cm³/mol. The Morgan fingerprint density at radius 3 is 2.61 bits per heavy atom. The van der Waals surface area contributed by atoms with Crippen molar-refractivity contribution in [2.75, 3.05) is 5.32 Å². The lowest BCUT2D eigenvalue weighted by molar-refractivity contribution is -0.142. The average Bonchev–Trinajstić information content (AvgIpc) is 3.19. The molecule has 12 heteroatoms. The van der Waals surface area contributed by atoms with E-state index in [1.165, 1.54) is 6.20 Å². The van der Waals surface area contributed by atoms with Crippen LogP contribution in [0.1, 0.15) is 48.3 Å². The number of aryl methyl sites for hydroxylation is 1. The first kappa shape index (κ1) is 21.6. The van der Waals surface area contributed by atoms with Crippen LogP contribution in [-0.2, 0) is 30.6 Å². The van der Waals surface area contributed by atoms with Crippen LogP contribution in [0.4, 0.5) is 18.9 Å². The van der Waals surface area contributed by atoms with Gasteiger partial charge in [0.15, 0.2) is 5.69 Å². The van der Waals surface area contributed by atoms with Gasteiger partial charge in [-0.1, -0.05) is 0 Å². The molecule has 3 aromatic rings. The quantitative estimate of drug-likeness (QED) is 0.533. The molecule has 3 heterocycles. The molecule has 0 bridgehead atoms. The second kappa shape index (κ2) is 8.13. The van der Waals surface area contributed by atoms with Gasteiger partial charge >= 0.3 is 6.18 Å². The molecule has 1 N–H and O–H groups in total. The first-order valence-electron chi connectivity index (χ1n) is 9.84. The minimum Gasteiger partial charge on any atom is -0.322 e. The van der Waals surface area contributed by atoms with Crippen LogP contribution < -0.4 is 5.32 Å². The lowest BCUT2D eigenvalue weighted by atomic mass is 10.2. The number of carbonyl (C=O) groups excluding carboxylic acids is 1. The Bertz CT molecular complexity index is 1110. The second-order valence-corrected chi connectivity index (χ2v) is 8.32. The number of alkyl halides is 3. The summed E-state index contributed by atoms with van der Waals surface area (Å²) < 4.78 is 44.3. The molecule has 1 aliphatic rings. The minimum absolute atomic E-state index is 0.0131. The van der Waals surface area contributed by atoms with Crippen molar-refractivity contribution in [3.63, 3.8) is 0 Å². The van der Waals surface area contributed by atoms with E-state index in [0.717, 1.165) is 35.3 Å². The topological polar surface area (TPSA) is 82.6 Å². The summed E-state index contributed by atoms with van der Waals surface area (Å²) in [5, 5.41) is 14.9. The zero-order chi connectivity index (χ0) is 22.3. The number of amides is 1. The van der Waals surface area contributed by atoms with Gasteiger partial charge in [0, 0.05) is 29.9 Å². The monoisotopic (exact) mass is 499 g/mol. The molecule has 1 saturated carbocycles. The summed E-state index contributed by atoms with van der Waals surface area (Å²) in [6.45, 7) is 4.94. The van der Waals surface area contributed by atoms with E-state index in [1.54, 1.807) is 17.1 Å². The lowest BCUT2D eigenvalue weighted by Gasteiger charge is -2.07. The van der Waals surface area contributed by atoms with E-state index in [9.17, 15) is 18.0 Å². The van der Waals surface area contributed by atoms with Crippen molar-refractivity contribution in [3.05, 3.63) is 45.7 Å². The number of aromatic nitrogens is 6. The van der Waals surface area contributed by atoms with Crippen molar-refractivity contribution >= 4 is 27.5 Å². The molecule has 166 valence electrons. The zero-order valence-corrected chi connectivity index (χ0v) is 18.5. The summed E-state index contributed by atoms with van der Waals surface area (Å²) >= 11 is 3.03. The third-order valence-electron chi connectivity index (χ3n) is 5.21. The molecule has 8 nitrogen and oxygen atoms in total. The molecule has 1 aliphatic carbocycles. The second-order valence-electron chi connectivity index (χ2n) is 7.52. The SMILES string of the molecule is CCn1ncc(Cn2cc(NC(=O)Cn3nc(C(F)(F)F)c(Br)c3C3CC3)cn2)c1C. The Hall–Kier alpha value is -2.63. The van der Waals surface area contributed by atoms with Gasteiger partial charge in [0.25, 0.3) is 0 Å². The molecule has 3 aromatic heterocycles. The fourth-order valence-electron chi connectivity index (χ4n) is 3.49. The van der Waals surface area contributed by atoms with Crippen LogP contribution in [0, 0.1) is 6.92 Å². The van der Waals surface area contributed by atoms with E-state index in [2.05, 4.69) is 36.5 Å². The van der Waals surface area contributed by atoms with Crippen LogP contribution >= 0.6 is 15.9 Å². The largest absolute Gasteiger partial charge is 0.436 e. The first-order chi connectivity index (χ1) is 14.7. The van der Waals surface area contributed by atoms with Crippen molar-refractivity contribution in [1.82, 2.24) is 29.3 Å². The van der Waals surface area contributed by atoms with Gasteiger partial charge in [0.2, 0.25) is 5.91 Å².